The first-order chi connectivity index (χ1) is 0. The van der Waals surface area contributed by atoms with Crippen molar-refractivity contribution in [3.63, 3.8) is 0 Å². The predicted octanol–water partition coefficient (Wildman–Crippen LogP) is -15.0. The SMILES string of the molecule is [Br-].[Br-].[Br-].[Br-].[Br-].[Ta]. The molecule has 0 saturated heterocycles. The molecule has 0 amide bonds. The van der Waals surface area contributed by atoms with Crippen molar-refractivity contribution in [2.75, 3.05) is 0 Å². The molecule has 0 atom stereocenters. The molecule has 0 aromatic rings. The Morgan fingerprint density at radius 1 is 0.333 bits per heavy atom. The van der Waals surface area contributed by atoms with Gasteiger partial charge in [-0.25, -0.2) is 0 Å². The maximum absolute atomic E-state index is 0. The van der Waals surface area contributed by atoms with E-state index in [0.29, 0.717) is 0 Å². The summed E-state index contributed by atoms with van der Waals surface area (Å²) in [4.78, 5) is 0. The minimum atomic E-state index is 0. The van der Waals surface area contributed by atoms with Gasteiger partial charge in [0.1, 0.15) is 0 Å². The van der Waals surface area contributed by atoms with Gasteiger partial charge in [0.15, 0.2) is 0 Å². The van der Waals surface area contributed by atoms with Crippen LogP contribution in [0.2, 0.25) is 0 Å². The maximum atomic E-state index is 0. The number of hydrogen-bond donors (Lipinski definition) is 0. The molecule has 0 heterocycles. The van der Waals surface area contributed by atoms with Gasteiger partial charge in [0.05, 0.1) is 0 Å². The van der Waals surface area contributed by atoms with Crippen molar-refractivity contribution < 1.29 is 107 Å². The van der Waals surface area contributed by atoms with Gasteiger partial charge in [-0.05, 0) is 0 Å². The zero-order valence-corrected chi connectivity index (χ0v) is 13.5. The molecule has 0 bridgehead atoms. The van der Waals surface area contributed by atoms with Crippen LogP contribution < -0.4 is 84.9 Å². The third-order valence-electron chi connectivity index (χ3n) is 0. The Hall–Kier alpha value is 3.14. The quantitative estimate of drug-likeness (QED) is 0.267. The first-order valence-corrected chi connectivity index (χ1v) is 0. The molecule has 0 saturated carbocycles. The molecule has 0 nitrogen and oxygen atoms in total. The third kappa shape index (κ3) is 27.3. The summed E-state index contributed by atoms with van der Waals surface area (Å²) in [6.07, 6.45) is 0. The van der Waals surface area contributed by atoms with Crippen molar-refractivity contribution in [2.24, 2.45) is 0 Å². The van der Waals surface area contributed by atoms with Crippen LogP contribution in [0, 0.1) is 0 Å². The number of rotatable bonds is 0. The molecule has 0 unspecified atom stereocenters. The van der Waals surface area contributed by atoms with Crippen LogP contribution in [-0.4, -0.2) is 0 Å². The Balaban J connectivity index is 0. The molecule has 0 fully saturated rings. The van der Waals surface area contributed by atoms with E-state index in [1.807, 2.05) is 0 Å². The standard InChI is InChI=1S/5BrH.Ta/h5*1H;/p-5. The Kier molecular flexibility index (Phi) is 431. The number of halogens is 5. The normalized spacial score (nSPS) is 0. The second-order valence-corrected chi connectivity index (χ2v) is 0. The molecule has 6 heteroatoms. The van der Waals surface area contributed by atoms with E-state index in [2.05, 4.69) is 0 Å². The Bertz CT molecular complexity index is 3.90. The average molecular weight is 580 g/mol. The van der Waals surface area contributed by atoms with Crippen LogP contribution in [0.25, 0.3) is 0 Å². The molecule has 1 radical (unpaired) electrons. The fraction of sp³-hybridized carbons (Fsp3) is 0. The monoisotopic (exact) mass is 576 g/mol. The number of hydrogen-bond acceptors (Lipinski definition) is 0. The van der Waals surface area contributed by atoms with E-state index < -0.39 is 0 Å². The van der Waals surface area contributed by atoms with Gasteiger partial charge < -0.3 is 84.9 Å². The molecule has 0 N–H and O–H groups in total. The molecule has 45 valence electrons. The van der Waals surface area contributed by atoms with E-state index in [9.17, 15) is 0 Å². The van der Waals surface area contributed by atoms with E-state index in [1.165, 1.54) is 0 Å². The van der Waals surface area contributed by atoms with E-state index in [1.54, 1.807) is 0 Å². The summed E-state index contributed by atoms with van der Waals surface area (Å²) >= 11 is 0. The van der Waals surface area contributed by atoms with E-state index in [4.69, 9.17) is 0 Å². The molecule has 0 spiro atoms. The van der Waals surface area contributed by atoms with E-state index in [-0.39, 0.29) is 107 Å². The van der Waals surface area contributed by atoms with Gasteiger partial charge in [-0.2, -0.15) is 0 Å². The molecule has 0 rings (SSSR count). The summed E-state index contributed by atoms with van der Waals surface area (Å²) < 4.78 is 0. The maximum Gasteiger partial charge on any atom is 0 e. The second-order valence-electron chi connectivity index (χ2n) is 0. The fourth-order valence-electron chi connectivity index (χ4n) is 0. The van der Waals surface area contributed by atoms with Gasteiger partial charge in [-0.1, -0.05) is 0 Å². The molecule has 0 aromatic carbocycles. The molecule has 0 aliphatic rings. The van der Waals surface area contributed by atoms with Gasteiger partial charge in [-0.15, -0.1) is 0 Å². The Morgan fingerprint density at radius 2 is 0.333 bits per heavy atom. The van der Waals surface area contributed by atoms with Gasteiger partial charge >= 0.3 is 0 Å². The minimum Gasteiger partial charge on any atom is -1.00 e. The van der Waals surface area contributed by atoms with Gasteiger partial charge in [0.25, 0.3) is 0 Å². The van der Waals surface area contributed by atoms with Crippen LogP contribution in [-0.2, 0) is 22.4 Å². The smallest absolute Gasteiger partial charge is 0 e. The first kappa shape index (κ1) is 61.4. The van der Waals surface area contributed by atoms with Crippen LogP contribution in [0.3, 0.4) is 0 Å². The summed E-state index contributed by atoms with van der Waals surface area (Å²) in [6.45, 7) is 0. The zero-order valence-electron chi connectivity index (χ0n) is 2.34. The van der Waals surface area contributed by atoms with Crippen molar-refractivity contribution in [3.8, 4) is 0 Å². The van der Waals surface area contributed by atoms with E-state index >= 15 is 0 Å². The van der Waals surface area contributed by atoms with Crippen LogP contribution in [0.15, 0.2) is 0 Å². The predicted molar refractivity (Wildman–Crippen MR) is 0 cm³/mol. The summed E-state index contributed by atoms with van der Waals surface area (Å²) in [6, 6.07) is 0. The molecule has 6 heavy (non-hydrogen) atoms. The van der Waals surface area contributed by atoms with Crippen LogP contribution in [0.4, 0.5) is 0 Å². The van der Waals surface area contributed by atoms with E-state index in [0.717, 1.165) is 0 Å². The second kappa shape index (κ2) is 42.1. The van der Waals surface area contributed by atoms with Crippen LogP contribution in [0.1, 0.15) is 0 Å². The molecular formula is Br5Ta-5. The largest absolute Gasteiger partial charge is 1.00 e. The van der Waals surface area contributed by atoms with Gasteiger partial charge in [0, 0.05) is 22.4 Å². The van der Waals surface area contributed by atoms with Gasteiger partial charge in [-0.3, -0.25) is 0 Å². The summed E-state index contributed by atoms with van der Waals surface area (Å²) in [5.74, 6) is 0. The topological polar surface area (TPSA) is 0 Å². The third-order valence-corrected chi connectivity index (χ3v) is 0. The average Bonchev–Trinajstić information content (AvgIpc) is 0. The first-order valence-electron chi connectivity index (χ1n) is 0. The van der Waals surface area contributed by atoms with Crippen molar-refractivity contribution in [2.45, 2.75) is 0 Å². The zero-order chi connectivity index (χ0) is 0. The summed E-state index contributed by atoms with van der Waals surface area (Å²) in [5.41, 5.74) is 0. The molecule has 0 aliphatic carbocycles. The Labute approximate surface area is 106 Å². The molecule has 0 aromatic heterocycles. The minimum absolute atomic E-state index is 0. The van der Waals surface area contributed by atoms with Crippen molar-refractivity contribution >= 4 is 0 Å². The fourth-order valence-corrected chi connectivity index (χ4v) is 0. The van der Waals surface area contributed by atoms with Crippen LogP contribution >= 0.6 is 0 Å². The summed E-state index contributed by atoms with van der Waals surface area (Å²) in [5, 5.41) is 0. The molecule has 0 aliphatic heterocycles. The summed E-state index contributed by atoms with van der Waals surface area (Å²) in [7, 11) is 0. The van der Waals surface area contributed by atoms with Crippen molar-refractivity contribution in [3.05, 3.63) is 0 Å². The van der Waals surface area contributed by atoms with Crippen molar-refractivity contribution in [1.29, 1.82) is 0 Å². The Morgan fingerprint density at radius 3 is 0.333 bits per heavy atom. The van der Waals surface area contributed by atoms with Crippen molar-refractivity contribution in [1.82, 2.24) is 0 Å². The van der Waals surface area contributed by atoms with Gasteiger partial charge in [0.2, 0.25) is 0 Å². The molecular weight excluding hydrogens is 580 g/mol. The van der Waals surface area contributed by atoms with Crippen LogP contribution in [0.5, 0.6) is 0 Å².